The highest BCUT2D eigenvalue weighted by Crippen LogP contribution is 2.37. The molecule has 1 heterocycles. The van der Waals surface area contributed by atoms with Gasteiger partial charge in [-0.05, 0) is 37.5 Å². The summed E-state index contributed by atoms with van der Waals surface area (Å²) in [7, 11) is 1.28. The fourth-order valence-electron chi connectivity index (χ4n) is 2.90. The highest BCUT2D eigenvalue weighted by molar-refractivity contribution is 6.35. The van der Waals surface area contributed by atoms with E-state index in [4.69, 9.17) is 27.9 Å². The Morgan fingerprint density at radius 1 is 1.25 bits per heavy atom. The molecule has 0 aromatic heterocycles. The third-order valence-corrected chi connectivity index (χ3v) is 4.81. The normalized spacial score (nSPS) is 21.5. The van der Waals surface area contributed by atoms with Crippen molar-refractivity contribution in [2.75, 3.05) is 18.6 Å². The lowest BCUT2D eigenvalue weighted by atomic mass is 10.1. The molecule has 0 unspecified atom stereocenters. The molecule has 2 amide bonds. The van der Waals surface area contributed by atoms with E-state index in [1.165, 1.54) is 12.0 Å². The maximum atomic E-state index is 12.6. The fraction of sp³-hybridized carbons (Fsp3) is 0.438. The Hall–Kier alpha value is -1.79. The van der Waals surface area contributed by atoms with Crippen LogP contribution in [0.5, 0.6) is 0 Å². The minimum Gasteiger partial charge on any atom is -0.467 e. The highest BCUT2D eigenvalue weighted by Gasteiger charge is 2.54. The summed E-state index contributed by atoms with van der Waals surface area (Å²) in [5.41, 5.74) is -0.402. The average Bonchev–Trinajstić information content (AvgIpc) is 3.19. The maximum Gasteiger partial charge on any atom is 0.331 e. The van der Waals surface area contributed by atoms with Crippen molar-refractivity contribution in [1.29, 1.82) is 0 Å². The Kier molecular flexibility index (Phi) is 4.44. The van der Waals surface area contributed by atoms with Gasteiger partial charge in [0.25, 0.3) is 0 Å². The molecule has 128 valence electrons. The molecule has 1 aliphatic carbocycles. The van der Waals surface area contributed by atoms with E-state index in [0.717, 1.165) is 0 Å². The number of hydrogen-bond acceptors (Lipinski definition) is 4. The molecule has 8 heteroatoms. The Balaban J connectivity index is 1.72. The van der Waals surface area contributed by atoms with E-state index >= 15 is 0 Å². The summed E-state index contributed by atoms with van der Waals surface area (Å²) in [6, 6.07) is 4.83. The molecular weight excluding hydrogens is 355 g/mol. The van der Waals surface area contributed by atoms with Crippen molar-refractivity contribution in [2.24, 2.45) is 5.92 Å². The van der Waals surface area contributed by atoms with Gasteiger partial charge >= 0.3 is 5.97 Å². The standard InChI is InChI=1S/C16H16Cl2N2O4/c1-24-15(23)16(3-4-16)19-13(21)12-2-5-20(14(12)22)11-7-9(17)6-10(18)8-11/h6-8,12H,2-5H2,1H3,(H,19,21)/t12-/m1/s1. The number of benzene rings is 1. The van der Waals surface area contributed by atoms with E-state index in [1.807, 2.05) is 0 Å². The molecule has 6 nitrogen and oxygen atoms in total. The van der Waals surface area contributed by atoms with Gasteiger partial charge in [-0.15, -0.1) is 0 Å². The van der Waals surface area contributed by atoms with Crippen molar-refractivity contribution in [3.63, 3.8) is 0 Å². The third kappa shape index (κ3) is 3.08. The molecule has 3 rings (SSSR count). The Morgan fingerprint density at radius 2 is 1.88 bits per heavy atom. The molecule has 1 aromatic carbocycles. The molecule has 1 atom stereocenters. The number of esters is 1. The van der Waals surface area contributed by atoms with Crippen molar-refractivity contribution >= 4 is 46.7 Å². The molecule has 1 aliphatic heterocycles. The molecule has 1 saturated carbocycles. The van der Waals surface area contributed by atoms with E-state index in [9.17, 15) is 14.4 Å². The van der Waals surface area contributed by atoms with E-state index < -0.39 is 23.3 Å². The van der Waals surface area contributed by atoms with Gasteiger partial charge in [0.2, 0.25) is 11.8 Å². The first-order chi connectivity index (χ1) is 11.4. The van der Waals surface area contributed by atoms with Crippen LogP contribution in [0.25, 0.3) is 0 Å². The lowest BCUT2D eigenvalue weighted by Crippen LogP contribution is -2.47. The van der Waals surface area contributed by atoms with Crippen LogP contribution in [0.2, 0.25) is 10.0 Å². The number of carbonyl (C=O) groups is 3. The van der Waals surface area contributed by atoms with Gasteiger partial charge in [-0.1, -0.05) is 23.2 Å². The number of ether oxygens (including phenoxy) is 1. The fourth-order valence-corrected chi connectivity index (χ4v) is 3.41. The van der Waals surface area contributed by atoms with Gasteiger partial charge in [-0.2, -0.15) is 0 Å². The molecule has 2 fully saturated rings. The molecule has 0 bridgehead atoms. The predicted octanol–water partition coefficient (Wildman–Crippen LogP) is 2.17. The Morgan fingerprint density at radius 3 is 2.42 bits per heavy atom. The molecule has 1 aromatic rings. The zero-order valence-corrected chi connectivity index (χ0v) is 14.5. The second-order valence-corrected chi connectivity index (χ2v) is 6.89. The summed E-state index contributed by atoms with van der Waals surface area (Å²) >= 11 is 11.9. The van der Waals surface area contributed by atoms with Gasteiger partial charge < -0.3 is 15.0 Å². The molecule has 1 saturated heterocycles. The summed E-state index contributed by atoms with van der Waals surface area (Å²) in [6.45, 7) is 0.388. The quantitative estimate of drug-likeness (QED) is 0.650. The van der Waals surface area contributed by atoms with Crippen LogP contribution in [0.15, 0.2) is 18.2 Å². The number of nitrogens with one attached hydrogen (secondary N) is 1. The van der Waals surface area contributed by atoms with Crippen LogP contribution in [0.1, 0.15) is 19.3 Å². The van der Waals surface area contributed by atoms with Crippen LogP contribution in [-0.2, 0) is 19.1 Å². The van der Waals surface area contributed by atoms with Crippen molar-refractivity contribution in [3.05, 3.63) is 28.2 Å². The Bertz CT molecular complexity index is 698. The second kappa shape index (κ2) is 6.26. The lowest BCUT2D eigenvalue weighted by molar-refractivity contribution is -0.147. The van der Waals surface area contributed by atoms with Gasteiger partial charge in [-0.3, -0.25) is 9.59 Å². The minimum atomic E-state index is -0.959. The number of methoxy groups -OCH3 is 1. The van der Waals surface area contributed by atoms with E-state index in [-0.39, 0.29) is 5.91 Å². The summed E-state index contributed by atoms with van der Waals surface area (Å²) in [4.78, 5) is 38.2. The topological polar surface area (TPSA) is 75.7 Å². The summed E-state index contributed by atoms with van der Waals surface area (Å²) in [6.07, 6.45) is 1.42. The molecule has 24 heavy (non-hydrogen) atoms. The van der Waals surface area contributed by atoms with E-state index in [1.54, 1.807) is 18.2 Å². The number of amides is 2. The van der Waals surface area contributed by atoms with Crippen LogP contribution in [0.3, 0.4) is 0 Å². The Labute approximate surface area is 149 Å². The van der Waals surface area contributed by atoms with Gasteiger partial charge in [0, 0.05) is 22.3 Å². The smallest absolute Gasteiger partial charge is 0.331 e. The first kappa shape index (κ1) is 17.0. The van der Waals surface area contributed by atoms with Crippen LogP contribution in [0, 0.1) is 5.92 Å². The number of nitrogens with zero attached hydrogens (tertiary/aromatic N) is 1. The summed E-state index contributed by atoms with van der Waals surface area (Å²) < 4.78 is 4.71. The first-order valence-electron chi connectivity index (χ1n) is 7.54. The zero-order valence-electron chi connectivity index (χ0n) is 13.0. The highest BCUT2D eigenvalue weighted by atomic mass is 35.5. The molecular formula is C16H16Cl2N2O4. The second-order valence-electron chi connectivity index (χ2n) is 6.02. The zero-order chi connectivity index (χ0) is 17.5. The number of halogens is 2. The van der Waals surface area contributed by atoms with Crippen LogP contribution >= 0.6 is 23.2 Å². The number of hydrogen-bond donors (Lipinski definition) is 1. The minimum absolute atomic E-state index is 0.327. The number of rotatable bonds is 4. The average molecular weight is 371 g/mol. The van der Waals surface area contributed by atoms with Crippen molar-refractivity contribution in [2.45, 2.75) is 24.8 Å². The summed E-state index contributed by atoms with van der Waals surface area (Å²) in [5, 5.41) is 3.51. The van der Waals surface area contributed by atoms with E-state index in [2.05, 4.69) is 5.32 Å². The molecule has 0 radical (unpaired) electrons. The van der Waals surface area contributed by atoms with Gasteiger partial charge in [0.1, 0.15) is 11.5 Å². The monoisotopic (exact) mass is 370 g/mol. The summed E-state index contributed by atoms with van der Waals surface area (Å²) in [5.74, 6) is -2.07. The largest absolute Gasteiger partial charge is 0.467 e. The lowest BCUT2D eigenvalue weighted by Gasteiger charge is -2.19. The van der Waals surface area contributed by atoms with Gasteiger partial charge in [0.05, 0.1) is 7.11 Å². The van der Waals surface area contributed by atoms with Gasteiger partial charge in [0.15, 0.2) is 0 Å². The van der Waals surface area contributed by atoms with E-state index in [0.29, 0.717) is 41.5 Å². The number of anilines is 1. The van der Waals surface area contributed by atoms with Gasteiger partial charge in [-0.25, -0.2) is 4.79 Å². The van der Waals surface area contributed by atoms with Crippen LogP contribution in [-0.4, -0.2) is 37.0 Å². The first-order valence-corrected chi connectivity index (χ1v) is 8.30. The molecule has 2 aliphatic rings. The molecule has 1 N–H and O–H groups in total. The van der Waals surface area contributed by atoms with Crippen molar-refractivity contribution in [3.8, 4) is 0 Å². The maximum absolute atomic E-state index is 12.6. The van der Waals surface area contributed by atoms with Crippen LogP contribution in [0.4, 0.5) is 5.69 Å². The predicted molar refractivity (Wildman–Crippen MR) is 89.0 cm³/mol. The number of carbonyl (C=O) groups excluding carboxylic acids is 3. The SMILES string of the molecule is COC(=O)C1(NC(=O)[C@H]2CCN(c3cc(Cl)cc(Cl)c3)C2=O)CC1. The van der Waals surface area contributed by atoms with Crippen molar-refractivity contribution < 1.29 is 19.1 Å². The van der Waals surface area contributed by atoms with Crippen molar-refractivity contribution in [1.82, 2.24) is 5.32 Å². The molecule has 0 spiro atoms. The third-order valence-electron chi connectivity index (χ3n) is 4.37. The van der Waals surface area contributed by atoms with Crippen LogP contribution < -0.4 is 10.2 Å².